The quantitative estimate of drug-likeness (QED) is 0.151. The third-order valence-electron chi connectivity index (χ3n) is 13.0. The Balaban J connectivity index is 1.13. The number of nitrogens with zero attached hydrogens (tertiary/aromatic N) is 1. The Morgan fingerprint density at radius 3 is 1.43 bits per heavy atom. The van der Waals surface area contributed by atoms with Crippen molar-refractivity contribution >= 4 is 40.2 Å². The van der Waals surface area contributed by atoms with Crippen LogP contribution in [0.5, 0.6) is 23.0 Å². The molecule has 0 aromatic heterocycles. The van der Waals surface area contributed by atoms with Gasteiger partial charge in [-0.1, -0.05) is 159 Å². The van der Waals surface area contributed by atoms with Crippen LogP contribution in [0.2, 0.25) is 0 Å². The number of aryl methyl sites for hydroxylation is 2. The minimum atomic E-state index is -0.0563. The lowest BCUT2D eigenvalue weighted by molar-refractivity contribution is 0.443. The van der Waals surface area contributed by atoms with Crippen LogP contribution in [0.4, 0.5) is 17.1 Å². The fourth-order valence-corrected chi connectivity index (χ4v) is 9.85. The van der Waals surface area contributed by atoms with E-state index in [9.17, 15) is 0 Å². The molecule has 0 radical (unpaired) electrons. The van der Waals surface area contributed by atoms with Gasteiger partial charge in [-0.15, -0.1) is 0 Å². The number of rotatable bonds is 7. The second-order valence-electron chi connectivity index (χ2n) is 16.8. The first-order valence-corrected chi connectivity index (χ1v) is 21.5. The zero-order chi connectivity index (χ0) is 40.2. The average molecular weight is 776 g/mol. The summed E-state index contributed by atoms with van der Waals surface area (Å²) in [4.78, 5) is 2.47. The maximum absolute atomic E-state index is 7.12. The Morgan fingerprint density at radius 2 is 0.900 bits per heavy atom. The van der Waals surface area contributed by atoms with Crippen LogP contribution in [0, 0.1) is 13.8 Å². The second-order valence-corrected chi connectivity index (χ2v) is 16.8. The molecule has 60 heavy (non-hydrogen) atoms. The largest absolute Gasteiger partial charge is 0.458 e. The molecule has 1 fully saturated rings. The van der Waals surface area contributed by atoms with Gasteiger partial charge in [0.05, 0.1) is 5.69 Å². The van der Waals surface area contributed by atoms with Crippen molar-refractivity contribution in [3.8, 4) is 56.4 Å². The van der Waals surface area contributed by atoms with Crippen molar-refractivity contribution in [2.45, 2.75) is 51.9 Å². The minimum Gasteiger partial charge on any atom is -0.458 e. The Labute approximate surface area is 354 Å². The van der Waals surface area contributed by atoms with E-state index in [1.54, 1.807) is 0 Å². The van der Waals surface area contributed by atoms with Crippen molar-refractivity contribution in [2.75, 3.05) is 4.90 Å². The molecule has 1 saturated carbocycles. The first-order chi connectivity index (χ1) is 29.6. The van der Waals surface area contributed by atoms with E-state index < -0.39 is 0 Å². The fraction of sp³-hybridized carbons (Fsp3) is 0.143. The van der Waals surface area contributed by atoms with Gasteiger partial charge in [0.1, 0.15) is 23.0 Å². The molecule has 2 aliphatic heterocycles. The van der Waals surface area contributed by atoms with Gasteiger partial charge in [0.15, 0.2) is 0 Å². The maximum atomic E-state index is 7.12. The third-order valence-corrected chi connectivity index (χ3v) is 13.0. The number of hydrogen-bond acceptors (Lipinski definition) is 3. The van der Waals surface area contributed by atoms with Crippen LogP contribution in [0.3, 0.4) is 0 Å². The predicted molar refractivity (Wildman–Crippen MR) is 250 cm³/mol. The van der Waals surface area contributed by atoms with Crippen molar-refractivity contribution in [1.29, 1.82) is 0 Å². The van der Waals surface area contributed by atoms with E-state index in [4.69, 9.17) is 9.47 Å². The Morgan fingerprint density at radius 1 is 0.433 bits per heavy atom. The van der Waals surface area contributed by atoms with Crippen LogP contribution in [0.25, 0.3) is 33.4 Å². The highest BCUT2D eigenvalue weighted by atomic mass is 16.5. The lowest BCUT2D eigenvalue weighted by Gasteiger charge is -2.36. The summed E-state index contributed by atoms with van der Waals surface area (Å²) >= 11 is 0. The molecule has 0 bridgehead atoms. The molecule has 8 aromatic carbocycles. The fourth-order valence-electron chi connectivity index (χ4n) is 9.85. The van der Waals surface area contributed by atoms with E-state index in [0.29, 0.717) is 5.92 Å². The molecule has 0 N–H and O–H groups in total. The van der Waals surface area contributed by atoms with E-state index in [-0.39, 0.29) is 6.71 Å². The molecule has 0 saturated heterocycles. The van der Waals surface area contributed by atoms with E-state index in [1.807, 2.05) is 0 Å². The van der Waals surface area contributed by atoms with Crippen LogP contribution in [-0.4, -0.2) is 6.71 Å². The molecular weight excluding hydrogens is 729 g/mol. The van der Waals surface area contributed by atoms with Crippen molar-refractivity contribution in [3.05, 3.63) is 193 Å². The molecule has 0 amide bonds. The van der Waals surface area contributed by atoms with Gasteiger partial charge >= 0.3 is 0 Å². The smallest absolute Gasteiger partial charge is 0.260 e. The van der Waals surface area contributed by atoms with E-state index >= 15 is 0 Å². The van der Waals surface area contributed by atoms with Gasteiger partial charge in [0, 0.05) is 29.0 Å². The topological polar surface area (TPSA) is 21.7 Å². The monoisotopic (exact) mass is 775 g/mol. The first kappa shape index (κ1) is 36.3. The molecule has 290 valence electrons. The molecule has 0 spiro atoms. The van der Waals surface area contributed by atoms with Crippen LogP contribution in [-0.2, 0) is 0 Å². The molecule has 11 rings (SSSR count). The molecule has 0 unspecified atom stereocenters. The molecule has 3 nitrogen and oxygen atoms in total. The van der Waals surface area contributed by atoms with Crippen molar-refractivity contribution in [2.24, 2.45) is 0 Å². The first-order valence-electron chi connectivity index (χ1n) is 21.5. The van der Waals surface area contributed by atoms with Gasteiger partial charge in [-0.3, -0.25) is 0 Å². The number of benzene rings is 8. The molecule has 2 heterocycles. The van der Waals surface area contributed by atoms with Crippen molar-refractivity contribution < 1.29 is 9.47 Å². The highest BCUT2D eigenvalue weighted by molar-refractivity contribution is 6.98. The van der Waals surface area contributed by atoms with Crippen LogP contribution < -0.4 is 30.8 Å². The van der Waals surface area contributed by atoms with Gasteiger partial charge in [-0.05, 0) is 118 Å². The summed E-state index contributed by atoms with van der Waals surface area (Å²) in [5, 5.41) is 0. The summed E-state index contributed by atoms with van der Waals surface area (Å²) < 4.78 is 14.2. The Bertz CT molecular complexity index is 2770. The minimum absolute atomic E-state index is 0.0563. The normalized spacial score (nSPS) is 14.0. The van der Waals surface area contributed by atoms with Crippen LogP contribution >= 0.6 is 0 Å². The van der Waals surface area contributed by atoms with Crippen LogP contribution in [0.15, 0.2) is 176 Å². The lowest BCUT2D eigenvalue weighted by Crippen LogP contribution is -2.57. The zero-order valence-corrected chi connectivity index (χ0v) is 34.2. The number of anilines is 3. The van der Waals surface area contributed by atoms with Gasteiger partial charge in [-0.25, -0.2) is 0 Å². The highest BCUT2D eigenvalue weighted by Gasteiger charge is 2.41. The second kappa shape index (κ2) is 15.1. The van der Waals surface area contributed by atoms with Crippen molar-refractivity contribution in [3.63, 3.8) is 0 Å². The standard InChI is InChI=1S/C56H46BNO2/c1-37-23-25-43(39-15-7-3-8-16-39)31-50(37)58(51-32-44(26-24-38(51)2)40-17-9-4-10-18-40)47-35-54-56-55(36-47)60-53-34-46(42-21-13-6-14-22-42)28-30-49(53)57(56)48-29-27-45(33-52(48)59-54)41-19-11-5-12-20-41/h3,5-8,11-16,19-36,40H,4,9-10,17-18H2,1-2H3. The number of hydrogen-bond donors (Lipinski definition) is 0. The summed E-state index contributed by atoms with van der Waals surface area (Å²) in [5.74, 6) is 3.97. The Hall–Kier alpha value is -6.78. The lowest BCUT2D eigenvalue weighted by atomic mass is 9.34. The van der Waals surface area contributed by atoms with Gasteiger partial charge in [-0.2, -0.15) is 0 Å². The van der Waals surface area contributed by atoms with Gasteiger partial charge in [0.25, 0.3) is 6.71 Å². The van der Waals surface area contributed by atoms with Crippen LogP contribution in [0.1, 0.15) is 54.7 Å². The number of fused-ring (bicyclic) bond motifs is 4. The average Bonchev–Trinajstić information content (AvgIpc) is 3.31. The Kier molecular flexibility index (Phi) is 9.15. The zero-order valence-electron chi connectivity index (χ0n) is 34.2. The number of ether oxygens (including phenoxy) is 2. The molecular formula is C56H46BNO2. The third kappa shape index (κ3) is 6.48. The molecule has 1 aliphatic carbocycles. The van der Waals surface area contributed by atoms with Crippen molar-refractivity contribution in [1.82, 2.24) is 0 Å². The molecule has 3 aliphatic rings. The summed E-state index contributed by atoms with van der Waals surface area (Å²) in [6, 6.07) is 63.8. The van der Waals surface area contributed by atoms with Gasteiger partial charge in [0.2, 0.25) is 0 Å². The predicted octanol–water partition coefficient (Wildman–Crippen LogP) is 13.5. The molecule has 4 heteroatoms. The van der Waals surface area contributed by atoms with Gasteiger partial charge < -0.3 is 14.4 Å². The summed E-state index contributed by atoms with van der Waals surface area (Å²) in [7, 11) is 0. The summed E-state index contributed by atoms with van der Waals surface area (Å²) in [5.41, 5.74) is 17.5. The maximum Gasteiger partial charge on any atom is 0.260 e. The molecule has 0 atom stereocenters. The van der Waals surface area contributed by atoms with E-state index in [2.05, 4.69) is 195 Å². The summed E-state index contributed by atoms with van der Waals surface area (Å²) in [6.45, 7) is 4.42. The SMILES string of the molecule is Cc1ccc(-c2ccccc2)cc1N(c1cc2c3c(c1)Oc1cc(-c4ccccc4)ccc1B3c1ccc(-c3ccccc3)cc1O2)c1cc(C2CCCCC2)ccc1C. The highest BCUT2D eigenvalue weighted by Crippen LogP contribution is 2.47. The summed E-state index contributed by atoms with van der Waals surface area (Å²) in [6.07, 6.45) is 6.40. The van der Waals surface area contributed by atoms with E-state index in [0.717, 1.165) is 73.0 Å². The van der Waals surface area contributed by atoms with E-state index in [1.165, 1.54) is 65.6 Å². The molecule has 8 aromatic rings.